The van der Waals surface area contributed by atoms with Gasteiger partial charge in [0.15, 0.2) is 10.9 Å². The first-order valence-electron chi connectivity index (χ1n) is 9.46. The molecule has 0 bridgehead atoms. The first-order valence-corrected chi connectivity index (χ1v) is 10.4. The van der Waals surface area contributed by atoms with E-state index in [1.807, 2.05) is 49.4 Å². The molecule has 1 heterocycles. The molecular formula is C24H20N2O3S. The van der Waals surface area contributed by atoms with E-state index >= 15 is 0 Å². The van der Waals surface area contributed by atoms with Gasteiger partial charge in [-0.15, -0.1) is 0 Å². The smallest absolute Gasteiger partial charge is 0.266 e. The number of aryl methyl sites for hydroxylation is 1. The van der Waals surface area contributed by atoms with E-state index in [9.17, 15) is 9.59 Å². The molecule has 1 aromatic heterocycles. The maximum Gasteiger partial charge on any atom is 0.266 e. The number of thioether (sulfide) groups is 1. The van der Waals surface area contributed by atoms with Gasteiger partial charge in [0.25, 0.3) is 5.56 Å². The van der Waals surface area contributed by atoms with E-state index in [1.54, 1.807) is 42.0 Å². The molecule has 150 valence electrons. The molecule has 5 nitrogen and oxygen atoms in total. The third-order valence-electron chi connectivity index (χ3n) is 4.83. The van der Waals surface area contributed by atoms with Gasteiger partial charge in [-0.3, -0.25) is 14.2 Å². The lowest BCUT2D eigenvalue weighted by Crippen LogP contribution is -2.23. The van der Waals surface area contributed by atoms with Crippen molar-refractivity contribution in [2.45, 2.75) is 12.1 Å². The summed E-state index contributed by atoms with van der Waals surface area (Å²) in [6.45, 7) is 1.95. The number of rotatable bonds is 6. The zero-order chi connectivity index (χ0) is 21.1. The van der Waals surface area contributed by atoms with Crippen LogP contribution in [-0.4, -0.2) is 28.2 Å². The zero-order valence-electron chi connectivity index (χ0n) is 16.7. The van der Waals surface area contributed by atoms with Gasteiger partial charge in [-0.2, -0.15) is 0 Å². The number of benzene rings is 3. The molecule has 0 spiro atoms. The molecule has 0 amide bonds. The first-order chi connectivity index (χ1) is 14.6. The van der Waals surface area contributed by atoms with Gasteiger partial charge < -0.3 is 4.74 Å². The molecule has 0 saturated carbocycles. The number of hydrogen-bond acceptors (Lipinski definition) is 5. The van der Waals surface area contributed by atoms with E-state index < -0.39 is 0 Å². The van der Waals surface area contributed by atoms with Gasteiger partial charge in [0.2, 0.25) is 0 Å². The van der Waals surface area contributed by atoms with Crippen LogP contribution in [0.5, 0.6) is 5.75 Å². The van der Waals surface area contributed by atoms with E-state index in [-0.39, 0.29) is 17.1 Å². The van der Waals surface area contributed by atoms with Gasteiger partial charge in [-0.1, -0.05) is 54.2 Å². The number of fused-ring (bicyclic) bond motifs is 1. The highest BCUT2D eigenvalue weighted by Crippen LogP contribution is 2.24. The minimum Gasteiger partial charge on any atom is -0.497 e. The molecule has 4 rings (SSSR count). The molecule has 4 aromatic rings. The summed E-state index contributed by atoms with van der Waals surface area (Å²) < 4.78 is 6.80. The molecule has 3 aromatic carbocycles. The molecule has 0 atom stereocenters. The Labute approximate surface area is 178 Å². The number of para-hydroxylation sites is 2. The van der Waals surface area contributed by atoms with Crippen LogP contribution in [0.1, 0.15) is 15.9 Å². The maximum atomic E-state index is 13.3. The van der Waals surface area contributed by atoms with Crippen molar-refractivity contribution >= 4 is 28.4 Å². The molecule has 0 aliphatic carbocycles. The van der Waals surface area contributed by atoms with E-state index in [1.165, 1.54) is 11.8 Å². The average molecular weight is 417 g/mol. The van der Waals surface area contributed by atoms with E-state index in [0.29, 0.717) is 27.4 Å². The fourth-order valence-corrected chi connectivity index (χ4v) is 4.15. The Kier molecular flexibility index (Phi) is 5.68. The Morgan fingerprint density at radius 2 is 1.80 bits per heavy atom. The van der Waals surface area contributed by atoms with Crippen molar-refractivity contribution in [3.63, 3.8) is 0 Å². The monoisotopic (exact) mass is 416 g/mol. The van der Waals surface area contributed by atoms with Crippen LogP contribution in [0.25, 0.3) is 16.6 Å². The number of carbonyl (C=O) groups excluding carboxylic acids is 1. The summed E-state index contributed by atoms with van der Waals surface area (Å²) in [7, 11) is 1.57. The average Bonchev–Trinajstić information content (AvgIpc) is 2.78. The Balaban J connectivity index is 1.76. The molecule has 0 N–H and O–H groups in total. The van der Waals surface area contributed by atoms with Crippen LogP contribution in [0.3, 0.4) is 0 Å². The summed E-state index contributed by atoms with van der Waals surface area (Å²) in [5.74, 6) is 0.730. The van der Waals surface area contributed by atoms with Crippen LogP contribution < -0.4 is 10.3 Å². The molecular weight excluding hydrogens is 396 g/mol. The number of ether oxygens (including phenoxy) is 1. The van der Waals surface area contributed by atoms with Crippen LogP contribution in [0.2, 0.25) is 0 Å². The van der Waals surface area contributed by atoms with Crippen molar-refractivity contribution in [2.24, 2.45) is 0 Å². The Morgan fingerprint density at radius 1 is 1.03 bits per heavy atom. The Hall–Kier alpha value is -3.38. The van der Waals surface area contributed by atoms with Crippen LogP contribution in [0, 0.1) is 6.92 Å². The summed E-state index contributed by atoms with van der Waals surface area (Å²) in [4.78, 5) is 30.8. The fourth-order valence-electron chi connectivity index (χ4n) is 3.25. The molecule has 0 saturated heterocycles. The van der Waals surface area contributed by atoms with Gasteiger partial charge in [-0.05, 0) is 42.8 Å². The predicted octanol–water partition coefficient (Wildman–Crippen LogP) is 4.68. The van der Waals surface area contributed by atoms with E-state index in [4.69, 9.17) is 9.72 Å². The molecule has 30 heavy (non-hydrogen) atoms. The minimum absolute atomic E-state index is 0.0577. The Bertz CT molecular complexity index is 1300. The summed E-state index contributed by atoms with van der Waals surface area (Å²) >= 11 is 1.26. The van der Waals surface area contributed by atoms with Crippen LogP contribution >= 0.6 is 11.8 Å². The highest BCUT2D eigenvalue weighted by molar-refractivity contribution is 7.99. The summed E-state index contributed by atoms with van der Waals surface area (Å²) in [6.07, 6.45) is 0. The summed E-state index contributed by atoms with van der Waals surface area (Å²) in [6, 6.07) is 22.0. The van der Waals surface area contributed by atoms with Crippen LogP contribution in [-0.2, 0) is 0 Å². The molecule has 6 heteroatoms. The summed E-state index contributed by atoms with van der Waals surface area (Å²) in [5, 5.41) is 1.04. The summed E-state index contributed by atoms with van der Waals surface area (Å²) in [5.41, 5.74) is 2.75. The number of Topliss-reactive ketones (excluding diaryl/α,β-unsaturated/α-hetero) is 1. The third kappa shape index (κ3) is 3.86. The standard InChI is InChI=1S/C24H20N2O3S/c1-16-8-3-6-13-21(16)26-23(28)19-11-4-5-12-20(19)25-24(26)30-15-22(27)17-9-7-10-18(14-17)29-2/h3-14H,15H2,1-2H3. The molecule has 0 fully saturated rings. The second kappa shape index (κ2) is 8.55. The number of hydrogen-bond donors (Lipinski definition) is 0. The molecule has 0 radical (unpaired) electrons. The van der Waals surface area contributed by atoms with Crippen molar-refractivity contribution in [1.82, 2.24) is 9.55 Å². The predicted molar refractivity (Wildman–Crippen MR) is 120 cm³/mol. The van der Waals surface area contributed by atoms with E-state index in [0.717, 1.165) is 11.3 Å². The van der Waals surface area contributed by atoms with E-state index in [2.05, 4.69) is 0 Å². The lowest BCUT2D eigenvalue weighted by Gasteiger charge is -2.15. The van der Waals surface area contributed by atoms with Crippen molar-refractivity contribution in [3.8, 4) is 11.4 Å². The molecule has 0 unspecified atom stereocenters. The Morgan fingerprint density at radius 3 is 2.60 bits per heavy atom. The normalized spacial score (nSPS) is 10.9. The van der Waals surface area contributed by atoms with Gasteiger partial charge >= 0.3 is 0 Å². The maximum absolute atomic E-state index is 13.3. The number of methoxy groups -OCH3 is 1. The quantitative estimate of drug-likeness (QED) is 0.260. The molecule has 0 aliphatic rings. The number of nitrogens with zero attached hydrogens (tertiary/aromatic N) is 2. The number of aromatic nitrogens is 2. The lowest BCUT2D eigenvalue weighted by molar-refractivity contribution is 0.102. The third-order valence-corrected chi connectivity index (χ3v) is 5.76. The van der Waals surface area contributed by atoms with Crippen molar-refractivity contribution in [2.75, 3.05) is 12.9 Å². The second-order valence-electron chi connectivity index (χ2n) is 6.78. The van der Waals surface area contributed by atoms with Gasteiger partial charge in [0, 0.05) is 5.56 Å². The zero-order valence-corrected chi connectivity index (χ0v) is 17.5. The molecule has 0 aliphatic heterocycles. The van der Waals surface area contributed by atoms with Crippen LogP contribution in [0.15, 0.2) is 82.7 Å². The van der Waals surface area contributed by atoms with Gasteiger partial charge in [-0.25, -0.2) is 4.98 Å². The van der Waals surface area contributed by atoms with Gasteiger partial charge in [0.1, 0.15) is 5.75 Å². The largest absolute Gasteiger partial charge is 0.497 e. The van der Waals surface area contributed by atoms with Crippen molar-refractivity contribution in [1.29, 1.82) is 0 Å². The highest BCUT2D eigenvalue weighted by atomic mass is 32.2. The SMILES string of the molecule is COc1cccc(C(=O)CSc2nc3ccccc3c(=O)n2-c2ccccc2C)c1. The van der Waals surface area contributed by atoms with Crippen molar-refractivity contribution in [3.05, 3.63) is 94.3 Å². The number of carbonyl (C=O) groups is 1. The number of ketones is 1. The first kappa shape index (κ1) is 19.9. The van der Waals surface area contributed by atoms with Gasteiger partial charge in [0.05, 0.1) is 29.5 Å². The lowest BCUT2D eigenvalue weighted by atomic mass is 10.1. The topological polar surface area (TPSA) is 61.2 Å². The van der Waals surface area contributed by atoms with Crippen LogP contribution in [0.4, 0.5) is 0 Å². The fraction of sp³-hybridized carbons (Fsp3) is 0.125. The highest BCUT2D eigenvalue weighted by Gasteiger charge is 2.16. The minimum atomic E-state index is -0.147. The van der Waals surface area contributed by atoms with Crippen molar-refractivity contribution < 1.29 is 9.53 Å². The second-order valence-corrected chi connectivity index (χ2v) is 7.72.